The van der Waals surface area contributed by atoms with Crippen LogP contribution in [0.5, 0.6) is 0 Å². The lowest BCUT2D eigenvalue weighted by molar-refractivity contribution is 0.514. The minimum absolute atomic E-state index is 0.0968. The fourth-order valence-electron chi connectivity index (χ4n) is 2.02. The van der Waals surface area contributed by atoms with Crippen molar-refractivity contribution in [2.75, 3.05) is 0 Å². The van der Waals surface area contributed by atoms with E-state index in [4.69, 9.17) is 23.2 Å². The van der Waals surface area contributed by atoms with E-state index in [0.29, 0.717) is 20.6 Å². The molecule has 0 saturated carbocycles. The third kappa shape index (κ3) is 2.79. The number of rotatable bonds is 2. The van der Waals surface area contributed by atoms with Gasteiger partial charge >= 0.3 is 0 Å². The average Bonchev–Trinajstić information content (AvgIpc) is 2.90. The number of para-hydroxylation sites is 1. The number of fused-ring (bicyclic) bond motifs is 1. The number of aliphatic hydroxyl groups is 1. The molecular formula is C16H8Cl2N2OS. The minimum atomic E-state index is -0.189. The van der Waals surface area contributed by atoms with Gasteiger partial charge in [-0.05, 0) is 30.3 Å². The van der Waals surface area contributed by atoms with Crippen LogP contribution in [0, 0.1) is 11.3 Å². The molecule has 3 rings (SSSR count). The van der Waals surface area contributed by atoms with Gasteiger partial charge in [0, 0.05) is 15.6 Å². The largest absolute Gasteiger partial charge is 0.506 e. The molecule has 3 aromatic rings. The molecule has 0 aliphatic carbocycles. The summed E-state index contributed by atoms with van der Waals surface area (Å²) in [5.41, 5.74) is 1.26. The van der Waals surface area contributed by atoms with E-state index in [0.717, 1.165) is 10.2 Å². The molecule has 1 aromatic heterocycles. The molecule has 0 amide bonds. The van der Waals surface area contributed by atoms with Gasteiger partial charge in [0.25, 0.3) is 0 Å². The zero-order valence-electron chi connectivity index (χ0n) is 11.0. The van der Waals surface area contributed by atoms with E-state index in [1.165, 1.54) is 11.3 Å². The molecule has 0 radical (unpaired) electrons. The monoisotopic (exact) mass is 346 g/mol. The van der Waals surface area contributed by atoms with Gasteiger partial charge in [0.1, 0.15) is 22.4 Å². The van der Waals surface area contributed by atoms with Crippen LogP contribution in [0.15, 0.2) is 42.5 Å². The van der Waals surface area contributed by atoms with Crippen LogP contribution in [-0.4, -0.2) is 10.1 Å². The van der Waals surface area contributed by atoms with Gasteiger partial charge in [0.05, 0.1) is 10.2 Å². The number of hydrogen-bond acceptors (Lipinski definition) is 4. The maximum Gasteiger partial charge on any atom is 0.143 e. The van der Waals surface area contributed by atoms with Gasteiger partial charge in [-0.1, -0.05) is 35.3 Å². The SMILES string of the molecule is N#C/C(=C(\O)c1cc(Cl)cc(Cl)c1)c1nc2ccccc2s1. The number of hydrogen-bond donors (Lipinski definition) is 1. The second-order valence-electron chi connectivity index (χ2n) is 4.48. The quantitative estimate of drug-likeness (QED) is 0.488. The van der Waals surface area contributed by atoms with Crippen LogP contribution >= 0.6 is 34.5 Å². The van der Waals surface area contributed by atoms with E-state index in [1.807, 2.05) is 30.3 Å². The van der Waals surface area contributed by atoms with Crippen molar-refractivity contribution < 1.29 is 5.11 Å². The summed E-state index contributed by atoms with van der Waals surface area (Å²) in [6, 6.07) is 14.2. The summed E-state index contributed by atoms with van der Waals surface area (Å²) in [5, 5.41) is 21.0. The second kappa shape index (κ2) is 5.98. The molecule has 0 atom stereocenters. The molecule has 22 heavy (non-hydrogen) atoms. The highest BCUT2D eigenvalue weighted by Crippen LogP contribution is 2.32. The van der Waals surface area contributed by atoms with Crippen LogP contribution < -0.4 is 0 Å². The maximum absolute atomic E-state index is 10.4. The second-order valence-corrected chi connectivity index (χ2v) is 6.38. The van der Waals surface area contributed by atoms with Gasteiger partial charge in [0.2, 0.25) is 0 Å². The van der Waals surface area contributed by atoms with Gasteiger partial charge in [-0.15, -0.1) is 11.3 Å². The highest BCUT2D eigenvalue weighted by Gasteiger charge is 2.15. The topological polar surface area (TPSA) is 56.9 Å². The first-order valence-electron chi connectivity index (χ1n) is 6.24. The van der Waals surface area contributed by atoms with Gasteiger partial charge in [-0.25, -0.2) is 4.98 Å². The van der Waals surface area contributed by atoms with Gasteiger partial charge in [0.15, 0.2) is 0 Å². The smallest absolute Gasteiger partial charge is 0.143 e. The summed E-state index contributed by atoms with van der Waals surface area (Å²) < 4.78 is 0.946. The highest BCUT2D eigenvalue weighted by atomic mass is 35.5. The van der Waals surface area contributed by atoms with Crippen LogP contribution in [0.25, 0.3) is 21.5 Å². The van der Waals surface area contributed by atoms with Crippen molar-refractivity contribution >= 4 is 56.1 Å². The summed E-state index contributed by atoms with van der Waals surface area (Å²) in [6.07, 6.45) is 0. The molecule has 1 N–H and O–H groups in total. The molecule has 0 aliphatic heterocycles. The Kier molecular flexibility index (Phi) is 4.04. The van der Waals surface area contributed by atoms with Crippen LogP contribution in [0.1, 0.15) is 10.6 Å². The van der Waals surface area contributed by atoms with Crippen molar-refractivity contribution in [3.63, 3.8) is 0 Å². The van der Waals surface area contributed by atoms with Gasteiger partial charge < -0.3 is 5.11 Å². The molecule has 6 heteroatoms. The van der Waals surface area contributed by atoms with Gasteiger partial charge in [-0.2, -0.15) is 5.26 Å². The first-order valence-corrected chi connectivity index (χ1v) is 7.81. The molecule has 0 aliphatic rings. The average molecular weight is 347 g/mol. The highest BCUT2D eigenvalue weighted by molar-refractivity contribution is 7.19. The van der Waals surface area contributed by atoms with Crippen molar-refractivity contribution in [2.24, 2.45) is 0 Å². The van der Waals surface area contributed by atoms with Crippen LogP contribution in [0.2, 0.25) is 10.0 Å². The Morgan fingerprint density at radius 2 is 1.82 bits per heavy atom. The Morgan fingerprint density at radius 3 is 2.45 bits per heavy atom. The molecule has 0 unspecified atom stereocenters. The number of benzene rings is 2. The Hall–Kier alpha value is -2.06. The summed E-state index contributed by atoms with van der Waals surface area (Å²) in [4.78, 5) is 4.39. The molecule has 2 aromatic carbocycles. The summed E-state index contributed by atoms with van der Waals surface area (Å²) in [7, 11) is 0. The van der Waals surface area contributed by atoms with E-state index >= 15 is 0 Å². The lowest BCUT2D eigenvalue weighted by Crippen LogP contribution is -1.90. The minimum Gasteiger partial charge on any atom is -0.506 e. The molecular weight excluding hydrogens is 339 g/mol. The Labute approximate surface area is 140 Å². The molecule has 0 spiro atoms. The van der Waals surface area contributed by atoms with Crippen molar-refractivity contribution in [1.29, 1.82) is 5.26 Å². The number of nitriles is 1. The molecule has 0 saturated heterocycles. The Balaban J connectivity index is 2.18. The first-order chi connectivity index (χ1) is 10.6. The molecule has 3 nitrogen and oxygen atoms in total. The lowest BCUT2D eigenvalue weighted by atomic mass is 10.1. The molecule has 108 valence electrons. The summed E-state index contributed by atoms with van der Waals surface area (Å²) in [6.45, 7) is 0. The number of nitrogens with zero attached hydrogens (tertiary/aromatic N) is 2. The predicted molar refractivity (Wildman–Crippen MR) is 91.1 cm³/mol. The Bertz CT molecular complexity index is 887. The van der Waals surface area contributed by atoms with E-state index in [-0.39, 0.29) is 11.3 Å². The van der Waals surface area contributed by atoms with Crippen LogP contribution in [0.3, 0.4) is 0 Å². The normalized spacial score (nSPS) is 12.0. The number of halogens is 2. The zero-order valence-corrected chi connectivity index (χ0v) is 13.4. The number of aliphatic hydroxyl groups excluding tert-OH is 1. The number of allylic oxidation sites excluding steroid dienone is 1. The number of aromatic nitrogens is 1. The van der Waals surface area contributed by atoms with Crippen molar-refractivity contribution in [1.82, 2.24) is 4.98 Å². The maximum atomic E-state index is 10.4. The van der Waals surface area contributed by atoms with Crippen LogP contribution in [-0.2, 0) is 0 Å². The molecule has 0 bridgehead atoms. The third-order valence-electron chi connectivity index (χ3n) is 2.99. The lowest BCUT2D eigenvalue weighted by Gasteiger charge is -2.04. The van der Waals surface area contributed by atoms with E-state index in [1.54, 1.807) is 18.2 Å². The van der Waals surface area contributed by atoms with Crippen molar-refractivity contribution in [3.8, 4) is 6.07 Å². The fraction of sp³-hybridized carbons (Fsp3) is 0. The van der Waals surface area contributed by atoms with Gasteiger partial charge in [-0.3, -0.25) is 0 Å². The third-order valence-corrected chi connectivity index (χ3v) is 4.48. The van der Waals surface area contributed by atoms with Crippen LogP contribution in [0.4, 0.5) is 0 Å². The fourth-order valence-corrected chi connectivity index (χ4v) is 3.50. The summed E-state index contributed by atoms with van der Waals surface area (Å²) >= 11 is 13.2. The number of thiazole rings is 1. The zero-order chi connectivity index (χ0) is 15.7. The van der Waals surface area contributed by atoms with Crippen molar-refractivity contribution in [3.05, 3.63) is 63.1 Å². The molecule has 0 fully saturated rings. The Morgan fingerprint density at radius 1 is 1.14 bits per heavy atom. The first kappa shape index (κ1) is 14.9. The van der Waals surface area contributed by atoms with E-state index in [9.17, 15) is 10.4 Å². The van der Waals surface area contributed by atoms with E-state index < -0.39 is 0 Å². The predicted octanol–water partition coefficient (Wildman–Crippen LogP) is 5.55. The standard InChI is InChI=1S/C16H8Cl2N2OS/c17-10-5-9(6-11(18)7-10)15(21)12(8-19)16-20-13-3-1-2-4-14(13)22-16/h1-7,21H/b15-12+. The van der Waals surface area contributed by atoms with Crippen molar-refractivity contribution in [2.45, 2.75) is 0 Å². The van der Waals surface area contributed by atoms with E-state index in [2.05, 4.69) is 4.98 Å². The molecule has 1 heterocycles. The summed E-state index contributed by atoms with van der Waals surface area (Å²) in [5.74, 6) is -0.189.